The summed E-state index contributed by atoms with van der Waals surface area (Å²) in [7, 11) is 4.67. The van der Waals surface area contributed by atoms with E-state index in [-0.39, 0.29) is 5.43 Å². The molecule has 6 heteroatoms. The van der Waals surface area contributed by atoms with Crippen LogP contribution in [0.4, 0.5) is 0 Å². The predicted octanol–water partition coefficient (Wildman–Crippen LogP) is 4.09. The van der Waals surface area contributed by atoms with Crippen molar-refractivity contribution >= 4 is 33.6 Å². The van der Waals surface area contributed by atoms with Crippen LogP contribution in [0.25, 0.3) is 22.3 Å². The molecule has 0 bridgehead atoms. The van der Waals surface area contributed by atoms with E-state index in [0.717, 1.165) is 14.9 Å². The molecule has 0 saturated heterocycles. The van der Waals surface area contributed by atoms with Crippen LogP contribution in [0.3, 0.4) is 0 Å². The highest BCUT2D eigenvalue weighted by atomic mass is 127. The lowest BCUT2D eigenvalue weighted by molar-refractivity contribution is 0.396. The number of ether oxygens (including phenoxy) is 3. The third-order valence-electron chi connectivity index (χ3n) is 3.66. The van der Waals surface area contributed by atoms with E-state index in [0.29, 0.717) is 28.2 Å². The van der Waals surface area contributed by atoms with Crippen LogP contribution in [0.2, 0.25) is 0 Å². The van der Waals surface area contributed by atoms with Crippen LogP contribution < -0.4 is 19.6 Å². The number of benzene rings is 2. The molecule has 3 aromatic rings. The van der Waals surface area contributed by atoms with Crippen molar-refractivity contribution in [3.63, 3.8) is 0 Å². The standard InChI is InChI=1S/C18H15IO5/c1-21-11-7-16(23-3)18-13(20)9-15(24-17(18)8-11)10-4-5-14(22-2)12(19)6-10/h4-9H,1-3H3. The largest absolute Gasteiger partial charge is 0.496 e. The average Bonchev–Trinajstić information content (AvgIpc) is 2.60. The fourth-order valence-corrected chi connectivity index (χ4v) is 3.20. The maximum Gasteiger partial charge on any atom is 0.197 e. The number of fused-ring (bicyclic) bond motifs is 1. The molecule has 3 rings (SSSR count). The van der Waals surface area contributed by atoms with Gasteiger partial charge >= 0.3 is 0 Å². The third-order valence-corrected chi connectivity index (χ3v) is 4.50. The Labute approximate surface area is 152 Å². The van der Waals surface area contributed by atoms with Gasteiger partial charge in [0.25, 0.3) is 0 Å². The van der Waals surface area contributed by atoms with E-state index in [4.69, 9.17) is 18.6 Å². The molecule has 24 heavy (non-hydrogen) atoms. The van der Waals surface area contributed by atoms with Gasteiger partial charge < -0.3 is 18.6 Å². The minimum Gasteiger partial charge on any atom is -0.496 e. The SMILES string of the molecule is COc1cc(OC)c2c(=O)cc(-c3ccc(OC)c(I)c3)oc2c1. The van der Waals surface area contributed by atoms with Gasteiger partial charge in [-0.05, 0) is 40.8 Å². The number of hydrogen-bond acceptors (Lipinski definition) is 5. The van der Waals surface area contributed by atoms with Crippen molar-refractivity contribution in [1.29, 1.82) is 0 Å². The highest BCUT2D eigenvalue weighted by molar-refractivity contribution is 14.1. The van der Waals surface area contributed by atoms with Crippen LogP contribution in [0.1, 0.15) is 0 Å². The van der Waals surface area contributed by atoms with Crippen molar-refractivity contribution in [2.24, 2.45) is 0 Å². The second kappa shape index (κ2) is 6.72. The zero-order valence-electron chi connectivity index (χ0n) is 13.4. The van der Waals surface area contributed by atoms with Crippen LogP contribution in [-0.4, -0.2) is 21.3 Å². The molecule has 0 aliphatic rings. The summed E-state index contributed by atoms with van der Waals surface area (Å²) in [5.41, 5.74) is 1.04. The van der Waals surface area contributed by atoms with Crippen LogP contribution in [0.15, 0.2) is 45.6 Å². The molecule has 0 N–H and O–H groups in total. The number of hydrogen-bond donors (Lipinski definition) is 0. The molecule has 0 fully saturated rings. The summed E-state index contributed by atoms with van der Waals surface area (Å²) in [6.07, 6.45) is 0. The van der Waals surface area contributed by atoms with Crippen LogP contribution >= 0.6 is 22.6 Å². The van der Waals surface area contributed by atoms with E-state index in [1.165, 1.54) is 13.2 Å². The monoisotopic (exact) mass is 438 g/mol. The summed E-state index contributed by atoms with van der Waals surface area (Å²) in [4.78, 5) is 12.6. The van der Waals surface area contributed by atoms with Crippen molar-refractivity contribution in [3.05, 3.63) is 50.2 Å². The summed E-state index contributed by atoms with van der Waals surface area (Å²) in [5, 5.41) is 0.394. The smallest absolute Gasteiger partial charge is 0.197 e. The molecule has 0 amide bonds. The first-order valence-corrected chi connectivity index (χ1v) is 8.19. The van der Waals surface area contributed by atoms with Gasteiger partial charge in [-0.15, -0.1) is 0 Å². The maximum absolute atomic E-state index is 12.6. The highest BCUT2D eigenvalue weighted by Crippen LogP contribution is 2.33. The molecule has 1 heterocycles. The number of rotatable bonds is 4. The maximum atomic E-state index is 12.6. The molecule has 0 atom stereocenters. The Hall–Kier alpha value is -2.22. The Morgan fingerprint density at radius 1 is 0.917 bits per heavy atom. The fraction of sp³-hybridized carbons (Fsp3) is 0.167. The Bertz CT molecular complexity index is 962. The Kier molecular flexibility index (Phi) is 4.66. The highest BCUT2D eigenvalue weighted by Gasteiger charge is 2.14. The van der Waals surface area contributed by atoms with Gasteiger partial charge in [0.2, 0.25) is 0 Å². The van der Waals surface area contributed by atoms with E-state index < -0.39 is 0 Å². The molecule has 1 aromatic heterocycles. The molecule has 0 aliphatic carbocycles. The van der Waals surface area contributed by atoms with Crippen molar-refractivity contribution in [1.82, 2.24) is 0 Å². The molecular formula is C18H15IO5. The van der Waals surface area contributed by atoms with E-state index in [9.17, 15) is 4.79 Å². The van der Waals surface area contributed by atoms with Gasteiger partial charge in [0.1, 0.15) is 34.0 Å². The zero-order chi connectivity index (χ0) is 17.3. The molecule has 5 nitrogen and oxygen atoms in total. The first-order chi connectivity index (χ1) is 11.6. The normalized spacial score (nSPS) is 10.7. The Morgan fingerprint density at radius 2 is 1.67 bits per heavy atom. The van der Waals surface area contributed by atoms with E-state index in [1.807, 2.05) is 18.2 Å². The molecular weight excluding hydrogens is 423 g/mol. The van der Waals surface area contributed by atoms with Gasteiger partial charge in [0, 0.05) is 23.8 Å². The van der Waals surface area contributed by atoms with Crippen LogP contribution in [0, 0.1) is 3.57 Å². The lowest BCUT2D eigenvalue weighted by atomic mass is 10.1. The van der Waals surface area contributed by atoms with Gasteiger partial charge in [-0.25, -0.2) is 0 Å². The lowest BCUT2D eigenvalue weighted by Crippen LogP contribution is -2.03. The molecule has 124 valence electrons. The second-order valence-electron chi connectivity index (χ2n) is 5.03. The summed E-state index contributed by atoms with van der Waals surface area (Å²) < 4.78 is 22.7. The topological polar surface area (TPSA) is 57.9 Å². The zero-order valence-corrected chi connectivity index (χ0v) is 15.5. The number of methoxy groups -OCH3 is 3. The quantitative estimate of drug-likeness (QED) is 0.575. The molecule has 0 spiro atoms. The summed E-state index contributed by atoms with van der Waals surface area (Å²) in [6.45, 7) is 0. The summed E-state index contributed by atoms with van der Waals surface area (Å²) in [6, 6.07) is 10.4. The fourth-order valence-electron chi connectivity index (χ4n) is 2.47. The predicted molar refractivity (Wildman–Crippen MR) is 100 cm³/mol. The van der Waals surface area contributed by atoms with Crippen molar-refractivity contribution in [2.75, 3.05) is 21.3 Å². The van der Waals surface area contributed by atoms with Gasteiger partial charge in [-0.3, -0.25) is 4.79 Å². The van der Waals surface area contributed by atoms with Gasteiger partial charge in [-0.2, -0.15) is 0 Å². The molecule has 0 saturated carbocycles. The lowest BCUT2D eigenvalue weighted by Gasteiger charge is -2.10. The van der Waals surface area contributed by atoms with Crippen LogP contribution in [0.5, 0.6) is 17.2 Å². The van der Waals surface area contributed by atoms with E-state index in [1.54, 1.807) is 26.4 Å². The Balaban J connectivity index is 2.24. The average molecular weight is 438 g/mol. The number of halogens is 1. The minimum atomic E-state index is -0.170. The van der Waals surface area contributed by atoms with E-state index in [2.05, 4.69) is 22.6 Å². The van der Waals surface area contributed by atoms with Crippen molar-refractivity contribution in [2.45, 2.75) is 0 Å². The summed E-state index contributed by atoms with van der Waals surface area (Å²) in [5.74, 6) is 2.23. The van der Waals surface area contributed by atoms with Crippen molar-refractivity contribution < 1.29 is 18.6 Å². The third kappa shape index (κ3) is 2.93. The van der Waals surface area contributed by atoms with Gasteiger partial charge in [0.05, 0.1) is 24.9 Å². The van der Waals surface area contributed by atoms with Gasteiger partial charge in [0.15, 0.2) is 5.43 Å². The first kappa shape index (κ1) is 16.6. The molecule has 2 aromatic carbocycles. The van der Waals surface area contributed by atoms with Crippen LogP contribution in [-0.2, 0) is 0 Å². The van der Waals surface area contributed by atoms with Gasteiger partial charge in [-0.1, -0.05) is 0 Å². The minimum absolute atomic E-state index is 0.170. The Morgan fingerprint density at radius 3 is 2.29 bits per heavy atom. The molecule has 0 radical (unpaired) electrons. The molecule has 0 unspecified atom stereocenters. The van der Waals surface area contributed by atoms with E-state index >= 15 is 0 Å². The summed E-state index contributed by atoms with van der Waals surface area (Å²) >= 11 is 2.18. The second-order valence-corrected chi connectivity index (χ2v) is 6.19. The van der Waals surface area contributed by atoms with Crippen molar-refractivity contribution in [3.8, 4) is 28.6 Å². The molecule has 0 aliphatic heterocycles. The first-order valence-electron chi connectivity index (χ1n) is 7.11.